The van der Waals surface area contributed by atoms with Crippen molar-refractivity contribution in [2.24, 2.45) is 0 Å². The number of hydrogen-bond donors (Lipinski definition) is 2. The summed E-state index contributed by atoms with van der Waals surface area (Å²) >= 11 is 0. The fraction of sp³-hybridized carbons (Fsp3) is 0.692. The lowest BCUT2D eigenvalue weighted by atomic mass is 10.2. The number of nitrogens with one attached hydrogen (secondary N) is 1. The summed E-state index contributed by atoms with van der Waals surface area (Å²) in [5, 5.41) is 11.4. The van der Waals surface area contributed by atoms with Gasteiger partial charge in [-0.1, -0.05) is 0 Å². The Bertz CT molecular complexity index is 368. The largest absolute Gasteiger partial charge is 0.480 e. The number of rotatable bonds is 4. The van der Waals surface area contributed by atoms with Crippen LogP contribution in [-0.4, -0.2) is 65.2 Å². The minimum atomic E-state index is -1.10. The van der Waals surface area contributed by atoms with Gasteiger partial charge in [-0.15, -0.1) is 12.3 Å². The third-order valence-electron chi connectivity index (χ3n) is 3.25. The molecule has 0 aromatic carbocycles. The van der Waals surface area contributed by atoms with Crippen molar-refractivity contribution in [1.82, 2.24) is 15.1 Å². The number of terminal acetylenes is 1. The Morgan fingerprint density at radius 2 is 1.89 bits per heavy atom. The van der Waals surface area contributed by atoms with Crippen LogP contribution in [0.15, 0.2) is 0 Å². The zero-order valence-electron chi connectivity index (χ0n) is 11.4. The zero-order valence-corrected chi connectivity index (χ0v) is 11.4. The van der Waals surface area contributed by atoms with Gasteiger partial charge in [-0.05, 0) is 13.8 Å². The number of nitrogens with zero attached hydrogens (tertiary/aromatic N) is 2. The van der Waals surface area contributed by atoms with Crippen LogP contribution >= 0.6 is 0 Å². The molecule has 0 aliphatic carbocycles. The minimum absolute atomic E-state index is 0.00691. The number of carbonyl (C=O) groups excluding carboxylic acids is 1. The van der Waals surface area contributed by atoms with Crippen molar-refractivity contribution in [3.8, 4) is 12.3 Å². The molecule has 1 saturated heterocycles. The molecule has 1 unspecified atom stereocenters. The third-order valence-corrected chi connectivity index (χ3v) is 3.25. The summed E-state index contributed by atoms with van der Waals surface area (Å²) in [7, 11) is 0. The molecule has 0 aromatic rings. The van der Waals surface area contributed by atoms with Crippen LogP contribution in [0.4, 0.5) is 4.79 Å². The van der Waals surface area contributed by atoms with Crippen LogP contribution in [0.25, 0.3) is 0 Å². The van der Waals surface area contributed by atoms with Crippen molar-refractivity contribution in [3.05, 3.63) is 0 Å². The molecule has 1 fully saturated rings. The van der Waals surface area contributed by atoms with Gasteiger partial charge in [0.25, 0.3) is 0 Å². The average molecular weight is 267 g/mol. The Labute approximate surface area is 113 Å². The Hall–Kier alpha value is -1.74. The topological polar surface area (TPSA) is 72.9 Å². The lowest BCUT2D eigenvalue weighted by Gasteiger charge is -2.37. The van der Waals surface area contributed by atoms with E-state index in [1.54, 1.807) is 4.90 Å². The summed E-state index contributed by atoms with van der Waals surface area (Å²) in [4.78, 5) is 26.7. The number of carboxylic acids is 1. The van der Waals surface area contributed by atoms with E-state index in [-0.39, 0.29) is 12.5 Å². The molecule has 1 aliphatic heterocycles. The molecule has 6 heteroatoms. The summed E-state index contributed by atoms with van der Waals surface area (Å²) in [5.74, 6) is 1.15. The molecule has 2 amide bonds. The molecule has 106 valence electrons. The smallest absolute Gasteiger partial charge is 0.327 e. The Balaban J connectivity index is 2.47. The van der Waals surface area contributed by atoms with Crippen molar-refractivity contribution in [3.63, 3.8) is 0 Å². The second-order valence-corrected chi connectivity index (χ2v) is 4.87. The number of amides is 2. The zero-order chi connectivity index (χ0) is 14.4. The van der Waals surface area contributed by atoms with E-state index in [9.17, 15) is 9.59 Å². The van der Waals surface area contributed by atoms with Crippen molar-refractivity contribution < 1.29 is 14.7 Å². The first-order chi connectivity index (χ1) is 8.95. The number of carboxylic acid groups (broad SMARTS) is 1. The van der Waals surface area contributed by atoms with Crippen LogP contribution in [0.5, 0.6) is 0 Å². The Morgan fingerprint density at radius 1 is 1.32 bits per heavy atom. The van der Waals surface area contributed by atoms with Gasteiger partial charge in [-0.3, -0.25) is 4.90 Å². The van der Waals surface area contributed by atoms with Crippen molar-refractivity contribution >= 4 is 12.0 Å². The highest BCUT2D eigenvalue weighted by molar-refractivity contribution is 5.82. The van der Waals surface area contributed by atoms with Crippen LogP contribution < -0.4 is 5.32 Å². The van der Waals surface area contributed by atoms with Crippen LogP contribution in [0, 0.1) is 12.3 Å². The van der Waals surface area contributed by atoms with Gasteiger partial charge in [-0.2, -0.15) is 0 Å². The van der Waals surface area contributed by atoms with E-state index < -0.39 is 12.0 Å². The molecule has 1 heterocycles. The Kier molecular flexibility index (Phi) is 5.64. The summed E-state index contributed by atoms with van der Waals surface area (Å²) < 4.78 is 0. The first kappa shape index (κ1) is 15.3. The van der Waals surface area contributed by atoms with Crippen LogP contribution in [-0.2, 0) is 4.79 Å². The predicted molar refractivity (Wildman–Crippen MR) is 71.7 cm³/mol. The summed E-state index contributed by atoms with van der Waals surface area (Å²) in [5.41, 5.74) is 0. The van der Waals surface area contributed by atoms with Gasteiger partial charge in [0.05, 0.1) is 0 Å². The van der Waals surface area contributed by atoms with Gasteiger partial charge < -0.3 is 15.3 Å². The fourth-order valence-corrected chi connectivity index (χ4v) is 2.00. The second kappa shape index (κ2) is 7.00. The van der Waals surface area contributed by atoms with E-state index in [0.717, 1.165) is 13.1 Å². The highest BCUT2D eigenvalue weighted by atomic mass is 16.4. The lowest BCUT2D eigenvalue weighted by molar-refractivity contribution is -0.139. The molecule has 19 heavy (non-hydrogen) atoms. The molecule has 0 bridgehead atoms. The van der Waals surface area contributed by atoms with Gasteiger partial charge in [0.15, 0.2) is 0 Å². The van der Waals surface area contributed by atoms with Crippen LogP contribution in [0.1, 0.15) is 20.3 Å². The maximum Gasteiger partial charge on any atom is 0.327 e. The van der Waals surface area contributed by atoms with Crippen LogP contribution in [0.3, 0.4) is 0 Å². The van der Waals surface area contributed by atoms with Gasteiger partial charge in [0.2, 0.25) is 0 Å². The maximum atomic E-state index is 11.9. The molecule has 0 aromatic heterocycles. The molecule has 0 radical (unpaired) electrons. The molecular weight excluding hydrogens is 246 g/mol. The summed E-state index contributed by atoms with van der Waals surface area (Å²) in [6.45, 7) is 7.04. The second-order valence-electron chi connectivity index (χ2n) is 4.87. The monoisotopic (exact) mass is 267 g/mol. The van der Waals surface area contributed by atoms with E-state index >= 15 is 0 Å². The lowest BCUT2D eigenvalue weighted by Crippen LogP contribution is -2.55. The Morgan fingerprint density at radius 3 is 2.32 bits per heavy atom. The van der Waals surface area contributed by atoms with E-state index in [0.29, 0.717) is 19.1 Å². The number of urea groups is 1. The van der Waals surface area contributed by atoms with Gasteiger partial charge in [0, 0.05) is 38.6 Å². The first-order valence-electron chi connectivity index (χ1n) is 6.41. The normalized spacial score (nSPS) is 17.9. The van der Waals surface area contributed by atoms with Crippen molar-refractivity contribution in [2.45, 2.75) is 32.4 Å². The van der Waals surface area contributed by atoms with Gasteiger partial charge in [-0.25, -0.2) is 9.59 Å². The number of hydrogen-bond acceptors (Lipinski definition) is 3. The minimum Gasteiger partial charge on any atom is -0.480 e. The van der Waals surface area contributed by atoms with Gasteiger partial charge in [0.1, 0.15) is 6.04 Å². The molecule has 6 nitrogen and oxygen atoms in total. The molecule has 0 saturated carbocycles. The van der Waals surface area contributed by atoms with Crippen molar-refractivity contribution in [1.29, 1.82) is 0 Å². The number of carbonyl (C=O) groups is 2. The highest BCUT2D eigenvalue weighted by Gasteiger charge is 2.25. The van der Waals surface area contributed by atoms with E-state index in [4.69, 9.17) is 11.5 Å². The predicted octanol–water partition coefficient (Wildman–Crippen LogP) is 0.199. The van der Waals surface area contributed by atoms with Gasteiger partial charge >= 0.3 is 12.0 Å². The average Bonchev–Trinajstić information content (AvgIpc) is 2.38. The van der Waals surface area contributed by atoms with E-state index in [2.05, 4.69) is 30.0 Å². The summed E-state index contributed by atoms with van der Waals surface area (Å²) in [6, 6.07) is -0.912. The SMILES string of the molecule is C#CCC(NC(=O)N1CCN(C(C)C)CC1)C(=O)O. The van der Waals surface area contributed by atoms with Crippen molar-refractivity contribution in [2.75, 3.05) is 26.2 Å². The molecule has 2 N–H and O–H groups in total. The highest BCUT2D eigenvalue weighted by Crippen LogP contribution is 2.06. The van der Waals surface area contributed by atoms with E-state index in [1.807, 2.05) is 0 Å². The number of aliphatic carboxylic acids is 1. The molecule has 1 aliphatic rings. The van der Waals surface area contributed by atoms with E-state index in [1.165, 1.54) is 0 Å². The first-order valence-corrected chi connectivity index (χ1v) is 6.41. The standard InChI is InChI=1S/C13H21N3O3/c1-4-5-11(12(17)18)14-13(19)16-8-6-15(7-9-16)10(2)3/h1,10-11H,5-9H2,2-3H3,(H,14,19)(H,17,18). The molecule has 0 spiro atoms. The quantitative estimate of drug-likeness (QED) is 0.714. The molecule has 1 atom stereocenters. The third kappa shape index (κ3) is 4.45. The molecule has 1 rings (SSSR count). The number of piperazine rings is 1. The van der Waals surface area contributed by atoms with Crippen LogP contribution in [0.2, 0.25) is 0 Å². The fourth-order valence-electron chi connectivity index (χ4n) is 2.00. The summed E-state index contributed by atoms with van der Waals surface area (Å²) in [6.07, 6.45) is 5.08. The molecular formula is C13H21N3O3. The maximum absolute atomic E-state index is 11.9.